The molecule has 90 valence electrons. The zero-order chi connectivity index (χ0) is 12.0. The first kappa shape index (κ1) is 13.6. The Morgan fingerprint density at radius 1 is 1.38 bits per heavy atom. The lowest BCUT2D eigenvalue weighted by atomic mass is 10.3. The van der Waals surface area contributed by atoms with Crippen LogP contribution < -0.4 is 10.1 Å². The molecule has 16 heavy (non-hydrogen) atoms. The predicted octanol–water partition coefficient (Wildman–Crippen LogP) is 2.34. The fourth-order valence-corrected chi connectivity index (χ4v) is 1.68. The molecule has 0 saturated heterocycles. The number of hydrogen-bond donors (Lipinski definition) is 2. The van der Waals surface area contributed by atoms with Gasteiger partial charge in [0, 0.05) is 6.54 Å². The lowest BCUT2D eigenvalue weighted by molar-refractivity contribution is 0.107. The third-order valence-corrected chi connectivity index (χ3v) is 2.56. The van der Waals surface area contributed by atoms with E-state index in [0.29, 0.717) is 22.3 Å². The Kier molecular flexibility index (Phi) is 5.91. The SMILES string of the molecule is CCNCC(O)COc1c(Cl)cccc1Cl. The summed E-state index contributed by atoms with van der Waals surface area (Å²) in [5.74, 6) is 0.418. The van der Waals surface area contributed by atoms with E-state index in [1.54, 1.807) is 18.2 Å². The third-order valence-electron chi connectivity index (χ3n) is 1.97. The van der Waals surface area contributed by atoms with Crippen LogP contribution in [-0.2, 0) is 0 Å². The number of hydrogen-bond acceptors (Lipinski definition) is 3. The molecule has 0 heterocycles. The number of rotatable bonds is 6. The number of aliphatic hydroxyl groups excluding tert-OH is 1. The van der Waals surface area contributed by atoms with Gasteiger partial charge in [-0.2, -0.15) is 0 Å². The van der Waals surface area contributed by atoms with Gasteiger partial charge in [0.15, 0.2) is 5.75 Å². The van der Waals surface area contributed by atoms with Crippen molar-refractivity contribution < 1.29 is 9.84 Å². The molecule has 0 aliphatic rings. The molecule has 5 heteroatoms. The van der Waals surface area contributed by atoms with E-state index in [-0.39, 0.29) is 6.61 Å². The maximum atomic E-state index is 9.55. The second-order valence-corrected chi connectivity index (χ2v) is 4.14. The molecule has 2 N–H and O–H groups in total. The van der Waals surface area contributed by atoms with E-state index in [9.17, 15) is 5.11 Å². The summed E-state index contributed by atoms with van der Waals surface area (Å²) in [5.41, 5.74) is 0. The predicted molar refractivity (Wildman–Crippen MR) is 66.5 cm³/mol. The van der Waals surface area contributed by atoms with Crippen LogP contribution >= 0.6 is 23.2 Å². The van der Waals surface area contributed by atoms with Gasteiger partial charge in [0.1, 0.15) is 12.7 Å². The summed E-state index contributed by atoms with van der Waals surface area (Å²) in [6.07, 6.45) is -0.577. The number of para-hydroxylation sites is 1. The van der Waals surface area contributed by atoms with Crippen LogP contribution in [0.5, 0.6) is 5.75 Å². The summed E-state index contributed by atoms with van der Waals surface area (Å²) in [4.78, 5) is 0. The molecule has 0 aromatic heterocycles. The summed E-state index contributed by atoms with van der Waals surface area (Å²) >= 11 is 11.8. The van der Waals surface area contributed by atoms with Crippen molar-refractivity contribution in [3.8, 4) is 5.75 Å². The molecule has 0 amide bonds. The molecule has 0 bridgehead atoms. The highest BCUT2D eigenvalue weighted by molar-refractivity contribution is 6.37. The average molecular weight is 264 g/mol. The number of likely N-dealkylation sites (N-methyl/N-ethyl adjacent to an activating group) is 1. The number of benzene rings is 1. The molecule has 0 radical (unpaired) electrons. The monoisotopic (exact) mass is 263 g/mol. The highest BCUT2D eigenvalue weighted by Crippen LogP contribution is 2.32. The van der Waals surface area contributed by atoms with Crippen LogP contribution in [0.4, 0.5) is 0 Å². The smallest absolute Gasteiger partial charge is 0.156 e. The number of nitrogens with one attached hydrogen (secondary N) is 1. The molecule has 0 aliphatic heterocycles. The second kappa shape index (κ2) is 6.97. The van der Waals surface area contributed by atoms with Crippen molar-refractivity contribution in [3.63, 3.8) is 0 Å². The van der Waals surface area contributed by atoms with E-state index in [1.165, 1.54) is 0 Å². The van der Waals surface area contributed by atoms with Gasteiger partial charge in [-0.3, -0.25) is 0 Å². The van der Waals surface area contributed by atoms with Crippen molar-refractivity contribution in [2.45, 2.75) is 13.0 Å². The van der Waals surface area contributed by atoms with Crippen LogP contribution in [0.15, 0.2) is 18.2 Å². The fourth-order valence-electron chi connectivity index (χ4n) is 1.17. The molecule has 0 aliphatic carbocycles. The van der Waals surface area contributed by atoms with Crippen LogP contribution in [-0.4, -0.2) is 30.9 Å². The van der Waals surface area contributed by atoms with Crippen LogP contribution in [0.25, 0.3) is 0 Å². The quantitative estimate of drug-likeness (QED) is 0.828. The van der Waals surface area contributed by atoms with Crippen molar-refractivity contribution in [2.75, 3.05) is 19.7 Å². The molecule has 1 aromatic carbocycles. The lowest BCUT2D eigenvalue weighted by Gasteiger charge is -2.14. The van der Waals surface area contributed by atoms with Gasteiger partial charge in [-0.15, -0.1) is 0 Å². The summed E-state index contributed by atoms with van der Waals surface area (Å²) < 4.78 is 5.37. The summed E-state index contributed by atoms with van der Waals surface area (Å²) in [6.45, 7) is 3.43. The van der Waals surface area contributed by atoms with Gasteiger partial charge in [0.2, 0.25) is 0 Å². The Bertz CT molecular complexity index is 314. The normalized spacial score (nSPS) is 12.5. The molecular weight excluding hydrogens is 249 g/mol. The molecule has 1 aromatic rings. The highest BCUT2D eigenvalue weighted by atomic mass is 35.5. The molecule has 3 nitrogen and oxygen atoms in total. The Balaban J connectivity index is 2.48. The van der Waals surface area contributed by atoms with Crippen molar-refractivity contribution >= 4 is 23.2 Å². The molecule has 1 unspecified atom stereocenters. The largest absolute Gasteiger partial charge is 0.488 e. The van der Waals surface area contributed by atoms with E-state index in [0.717, 1.165) is 6.54 Å². The molecule has 0 fully saturated rings. The van der Waals surface area contributed by atoms with E-state index < -0.39 is 6.10 Å². The average Bonchev–Trinajstić information content (AvgIpc) is 2.25. The Morgan fingerprint density at radius 3 is 2.56 bits per heavy atom. The molecule has 1 rings (SSSR count). The van der Waals surface area contributed by atoms with Gasteiger partial charge >= 0.3 is 0 Å². The van der Waals surface area contributed by atoms with Crippen molar-refractivity contribution in [2.24, 2.45) is 0 Å². The number of halogens is 2. The summed E-state index contributed by atoms with van der Waals surface area (Å²) in [6, 6.07) is 5.13. The van der Waals surface area contributed by atoms with E-state index in [2.05, 4.69) is 5.32 Å². The Hall–Kier alpha value is -0.480. The van der Waals surface area contributed by atoms with Gasteiger partial charge < -0.3 is 15.2 Å². The first-order valence-electron chi connectivity index (χ1n) is 5.10. The maximum Gasteiger partial charge on any atom is 0.156 e. The van der Waals surface area contributed by atoms with E-state index in [1.807, 2.05) is 6.92 Å². The minimum absolute atomic E-state index is 0.163. The van der Waals surface area contributed by atoms with E-state index in [4.69, 9.17) is 27.9 Å². The van der Waals surface area contributed by atoms with Gasteiger partial charge in [0.05, 0.1) is 10.0 Å². The second-order valence-electron chi connectivity index (χ2n) is 3.32. The van der Waals surface area contributed by atoms with Crippen molar-refractivity contribution in [1.29, 1.82) is 0 Å². The number of aliphatic hydroxyl groups is 1. The fraction of sp³-hybridized carbons (Fsp3) is 0.455. The van der Waals surface area contributed by atoms with Crippen LogP contribution in [0.3, 0.4) is 0 Å². The first-order valence-corrected chi connectivity index (χ1v) is 5.86. The standard InChI is InChI=1S/C11H15Cl2NO2/c1-2-14-6-8(15)7-16-11-9(12)4-3-5-10(11)13/h3-5,8,14-15H,2,6-7H2,1H3. The van der Waals surface area contributed by atoms with Gasteiger partial charge in [-0.05, 0) is 18.7 Å². The molecular formula is C11H15Cl2NO2. The first-order chi connectivity index (χ1) is 7.65. The van der Waals surface area contributed by atoms with Crippen molar-refractivity contribution in [3.05, 3.63) is 28.2 Å². The Morgan fingerprint density at radius 2 is 2.00 bits per heavy atom. The van der Waals surface area contributed by atoms with Gasteiger partial charge in [-0.1, -0.05) is 36.2 Å². The minimum atomic E-state index is -0.577. The summed E-state index contributed by atoms with van der Waals surface area (Å²) in [5, 5.41) is 13.5. The molecule has 0 spiro atoms. The summed E-state index contributed by atoms with van der Waals surface area (Å²) in [7, 11) is 0. The Labute approximate surface area is 105 Å². The number of ether oxygens (including phenoxy) is 1. The minimum Gasteiger partial charge on any atom is -0.488 e. The molecule has 0 saturated carbocycles. The lowest BCUT2D eigenvalue weighted by Crippen LogP contribution is -2.31. The van der Waals surface area contributed by atoms with E-state index >= 15 is 0 Å². The zero-order valence-corrected chi connectivity index (χ0v) is 10.6. The van der Waals surface area contributed by atoms with Crippen molar-refractivity contribution in [1.82, 2.24) is 5.32 Å². The van der Waals surface area contributed by atoms with Gasteiger partial charge in [-0.25, -0.2) is 0 Å². The highest BCUT2D eigenvalue weighted by Gasteiger charge is 2.09. The van der Waals surface area contributed by atoms with Crippen LogP contribution in [0, 0.1) is 0 Å². The van der Waals surface area contributed by atoms with Crippen LogP contribution in [0.2, 0.25) is 10.0 Å². The topological polar surface area (TPSA) is 41.5 Å². The zero-order valence-electron chi connectivity index (χ0n) is 9.04. The molecule has 1 atom stereocenters. The van der Waals surface area contributed by atoms with Gasteiger partial charge in [0.25, 0.3) is 0 Å². The maximum absolute atomic E-state index is 9.55. The van der Waals surface area contributed by atoms with Crippen LogP contribution in [0.1, 0.15) is 6.92 Å². The third kappa shape index (κ3) is 4.18.